The lowest BCUT2D eigenvalue weighted by Crippen LogP contribution is -2.59. The maximum atomic E-state index is 13.0. The van der Waals surface area contributed by atoms with Crippen LogP contribution in [-0.2, 0) is 5.66 Å². The van der Waals surface area contributed by atoms with E-state index in [-0.39, 0.29) is 11.7 Å². The number of nitrogens with zero attached hydrogens (tertiary/aromatic N) is 4. The average molecular weight is 314 g/mol. The van der Waals surface area contributed by atoms with E-state index in [0.29, 0.717) is 13.1 Å². The number of hydrogen-bond acceptors (Lipinski definition) is 3. The van der Waals surface area contributed by atoms with Crippen molar-refractivity contribution in [3.63, 3.8) is 0 Å². The van der Waals surface area contributed by atoms with Crippen LogP contribution < -0.4 is 16.3 Å². The summed E-state index contributed by atoms with van der Waals surface area (Å²) in [4.78, 5) is 13.0. The van der Waals surface area contributed by atoms with Crippen molar-refractivity contribution >= 4 is 0 Å². The van der Waals surface area contributed by atoms with Gasteiger partial charge >= 0.3 is 5.69 Å². The van der Waals surface area contributed by atoms with Crippen LogP contribution in [0.15, 0.2) is 41.5 Å². The number of nitrogens with one attached hydrogen (secondary N) is 1. The molecule has 0 amide bonds. The molecule has 0 bridgehead atoms. The van der Waals surface area contributed by atoms with Gasteiger partial charge in [-0.15, -0.1) is 0 Å². The normalized spacial score (nSPS) is 21.7. The van der Waals surface area contributed by atoms with Crippen LogP contribution in [0.25, 0.3) is 0 Å². The molecule has 1 unspecified atom stereocenters. The number of hydrogen-bond donors (Lipinski definition) is 1. The van der Waals surface area contributed by atoms with Crippen molar-refractivity contribution in [3.8, 4) is 0 Å². The van der Waals surface area contributed by atoms with Gasteiger partial charge in [0.05, 0.1) is 6.04 Å². The van der Waals surface area contributed by atoms with Crippen molar-refractivity contribution in [2.75, 3.05) is 19.6 Å². The maximum absolute atomic E-state index is 13.0. The van der Waals surface area contributed by atoms with Gasteiger partial charge in [-0.2, -0.15) is 5.10 Å². The molecule has 23 heavy (non-hydrogen) atoms. The maximum Gasteiger partial charge on any atom is 0.347 e. The van der Waals surface area contributed by atoms with E-state index < -0.39 is 5.66 Å². The Balaban J connectivity index is 2.10. The van der Waals surface area contributed by atoms with Crippen LogP contribution in [0.4, 0.5) is 0 Å². The molecular formula is C17H24N5O. The van der Waals surface area contributed by atoms with Gasteiger partial charge in [-0.25, -0.2) is 14.8 Å². The molecule has 1 aromatic carbocycles. The van der Waals surface area contributed by atoms with Crippen LogP contribution in [0.3, 0.4) is 0 Å². The molecule has 1 atom stereocenters. The number of rotatable bonds is 5. The topological polar surface area (TPSA) is 66.0 Å². The highest BCUT2D eigenvalue weighted by Gasteiger charge is 2.39. The monoisotopic (exact) mass is 314 g/mol. The lowest BCUT2D eigenvalue weighted by Gasteiger charge is -2.37. The molecule has 1 fully saturated rings. The highest BCUT2D eigenvalue weighted by atomic mass is 16.2. The second kappa shape index (κ2) is 6.68. The van der Waals surface area contributed by atoms with Crippen molar-refractivity contribution in [1.29, 1.82) is 0 Å². The molecule has 1 aliphatic heterocycles. The van der Waals surface area contributed by atoms with E-state index in [0.717, 1.165) is 24.9 Å². The minimum absolute atomic E-state index is 0.0880. The molecule has 1 aliphatic rings. The minimum atomic E-state index is -0.707. The fourth-order valence-electron chi connectivity index (χ4n) is 3.29. The van der Waals surface area contributed by atoms with Crippen molar-refractivity contribution < 1.29 is 0 Å². The molecule has 0 aliphatic carbocycles. The summed E-state index contributed by atoms with van der Waals surface area (Å²) in [6, 6.07) is 10.1. The molecular weight excluding hydrogens is 290 g/mol. The van der Waals surface area contributed by atoms with E-state index in [2.05, 4.69) is 24.3 Å². The summed E-state index contributed by atoms with van der Waals surface area (Å²) in [6.45, 7) is 6.28. The van der Waals surface area contributed by atoms with E-state index in [9.17, 15) is 4.79 Å². The van der Waals surface area contributed by atoms with E-state index >= 15 is 0 Å². The first-order chi connectivity index (χ1) is 11.2. The summed E-state index contributed by atoms with van der Waals surface area (Å²) >= 11 is 0. The van der Waals surface area contributed by atoms with Crippen LogP contribution in [0.1, 0.15) is 38.3 Å². The SMILES string of the molecule is CCC(CC)n1ncn(C2(c3ccccc3)CNCC[N]2)c1=O. The number of piperazine rings is 1. The van der Waals surface area contributed by atoms with Crippen molar-refractivity contribution in [1.82, 2.24) is 25.0 Å². The first-order valence-corrected chi connectivity index (χ1v) is 8.34. The zero-order chi connectivity index (χ0) is 16.3. The first kappa shape index (κ1) is 16.0. The number of benzene rings is 1. The molecule has 0 saturated carbocycles. The highest BCUT2D eigenvalue weighted by Crippen LogP contribution is 2.24. The fraction of sp³-hybridized carbons (Fsp3) is 0.529. The third-order valence-corrected chi connectivity index (χ3v) is 4.65. The standard InChI is InChI=1S/C17H24N5O/c1-3-15(4-2)22-16(23)21(13-20-22)17(12-18-10-11-19-17)14-8-6-5-7-9-14/h5-9,13,15,18H,3-4,10-12H2,1-2H3. The van der Waals surface area contributed by atoms with E-state index in [1.807, 2.05) is 30.3 Å². The van der Waals surface area contributed by atoms with E-state index in [1.54, 1.807) is 15.6 Å². The molecule has 2 aromatic rings. The Morgan fingerprint density at radius 1 is 1.26 bits per heavy atom. The second-order valence-electron chi connectivity index (χ2n) is 5.94. The van der Waals surface area contributed by atoms with Crippen LogP contribution in [0.2, 0.25) is 0 Å². The predicted octanol–water partition coefficient (Wildman–Crippen LogP) is 1.31. The molecule has 123 valence electrons. The second-order valence-corrected chi connectivity index (χ2v) is 5.94. The Morgan fingerprint density at radius 2 is 2.00 bits per heavy atom. The van der Waals surface area contributed by atoms with Gasteiger partial charge in [0.25, 0.3) is 0 Å². The van der Waals surface area contributed by atoms with Crippen molar-refractivity contribution in [2.45, 2.75) is 38.4 Å². The Bertz CT molecular complexity index is 681. The van der Waals surface area contributed by atoms with Crippen LogP contribution in [0.5, 0.6) is 0 Å². The van der Waals surface area contributed by atoms with Gasteiger partial charge < -0.3 is 5.32 Å². The Hall–Kier alpha value is -1.92. The molecule has 2 heterocycles. The van der Waals surface area contributed by atoms with Crippen molar-refractivity contribution in [2.24, 2.45) is 0 Å². The van der Waals surface area contributed by atoms with E-state index in [1.165, 1.54) is 0 Å². The molecule has 6 heteroatoms. The summed E-state index contributed by atoms with van der Waals surface area (Å²) in [7, 11) is 0. The third kappa shape index (κ3) is 2.72. The minimum Gasteiger partial charge on any atom is -0.311 e. The predicted molar refractivity (Wildman–Crippen MR) is 89.5 cm³/mol. The smallest absolute Gasteiger partial charge is 0.311 e. The van der Waals surface area contributed by atoms with Crippen LogP contribution >= 0.6 is 0 Å². The lowest BCUT2D eigenvalue weighted by atomic mass is 9.97. The molecule has 1 N–H and O–H groups in total. The van der Waals surface area contributed by atoms with Crippen LogP contribution in [-0.4, -0.2) is 34.0 Å². The molecule has 0 spiro atoms. The summed E-state index contributed by atoms with van der Waals surface area (Å²) in [5.41, 5.74) is 0.217. The molecule has 1 saturated heterocycles. The van der Waals surface area contributed by atoms with Gasteiger partial charge in [-0.1, -0.05) is 44.2 Å². The highest BCUT2D eigenvalue weighted by molar-refractivity contribution is 5.26. The van der Waals surface area contributed by atoms with Gasteiger partial charge in [-0.3, -0.25) is 4.57 Å². The molecule has 1 radical (unpaired) electrons. The summed E-state index contributed by atoms with van der Waals surface area (Å²) < 4.78 is 3.29. The lowest BCUT2D eigenvalue weighted by molar-refractivity contribution is 0.214. The largest absolute Gasteiger partial charge is 0.347 e. The zero-order valence-corrected chi connectivity index (χ0v) is 13.8. The average Bonchev–Trinajstić information content (AvgIpc) is 3.00. The van der Waals surface area contributed by atoms with Gasteiger partial charge in [0.2, 0.25) is 0 Å². The quantitative estimate of drug-likeness (QED) is 0.905. The zero-order valence-electron chi connectivity index (χ0n) is 13.8. The first-order valence-electron chi connectivity index (χ1n) is 8.34. The van der Waals surface area contributed by atoms with Gasteiger partial charge in [0.15, 0.2) is 5.66 Å². The summed E-state index contributed by atoms with van der Waals surface area (Å²) in [5, 5.41) is 12.6. The molecule has 1 aromatic heterocycles. The van der Waals surface area contributed by atoms with Crippen LogP contribution in [0, 0.1) is 0 Å². The third-order valence-electron chi connectivity index (χ3n) is 4.65. The van der Waals surface area contributed by atoms with E-state index in [4.69, 9.17) is 5.32 Å². The Kier molecular flexibility index (Phi) is 4.63. The van der Waals surface area contributed by atoms with Gasteiger partial charge in [0.1, 0.15) is 6.33 Å². The molecule has 6 nitrogen and oxygen atoms in total. The fourth-order valence-corrected chi connectivity index (χ4v) is 3.29. The summed E-state index contributed by atoms with van der Waals surface area (Å²) in [5.74, 6) is 0. The van der Waals surface area contributed by atoms with Gasteiger partial charge in [0, 0.05) is 19.6 Å². The number of aromatic nitrogens is 3. The summed E-state index contributed by atoms with van der Waals surface area (Å²) in [6.07, 6.45) is 3.42. The Labute approximate surface area is 136 Å². The van der Waals surface area contributed by atoms with Crippen molar-refractivity contribution in [3.05, 3.63) is 52.7 Å². The molecule has 3 rings (SSSR count). The Morgan fingerprint density at radius 3 is 2.61 bits per heavy atom. The van der Waals surface area contributed by atoms with Gasteiger partial charge in [-0.05, 0) is 18.4 Å².